The van der Waals surface area contributed by atoms with Crippen LogP contribution in [0.1, 0.15) is 11.3 Å². The molecule has 0 aliphatic rings. The number of hydrogen-bond donors (Lipinski definition) is 0. The van der Waals surface area contributed by atoms with Gasteiger partial charge in [-0.1, -0.05) is 12.1 Å². The monoisotopic (exact) mass is 183 g/mol. The van der Waals surface area contributed by atoms with Crippen LogP contribution in [0.5, 0.6) is 0 Å². The van der Waals surface area contributed by atoms with E-state index in [4.69, 9.17) is 0 Å². The van der Waals surface area contributed by atoms with Gasteiger partial charge in [0.2, 0.25) is 0 Å². The molecule has 0 saturated heterocycles. The second-order valence-corrected chi connectivity index (χ2v) is 3.18. The molecule has 0 fully saturated rings. The summed E-state index contributed by atoms with van der Waals surface area (Å²) in [6, 6.07) is 10.1. The van der Waals surface area contributed by atoms with Gasteiger partial charge >= 0.3 is 0 Å². The Morgan fingerprint density at radius 1 is 1.29 bits per heavy atom. The highest BCUT2D eigenvalue weighted by molar-refractivity contribution is 5.98. The van der Waals surface area contributed by atoms with Crippen molar-refractivity contribution < 1.29 is 0 Å². The Bertz CT molecular complexity index is 523. The zero-order chi connectivity index (χ0) is 9.97. The van der Waals surface area contributed by atoms with Gasteiger partial charge in [-0.2, -0.15) is 0 Å². The van der Waals surface area contributed by atoms with Crippen LogP contribution in [0, 0.1) is 6.92 Å². The van der Waals surface area contributed by atoms with Crippen LogP contribution < -0.4 is 4.67 Å². The summed E-state index contributed by atoms with van der Waals surface area (Å²) >= 11 is 0. The molecule has 14 heavy (non-hydrogen) atoms. The van der Waals surface area contributed by atoms with Crippen LogP contribution in [-0.2, 0) is 0 Å². The molecule has 1 aromatic heterocycles. The van der Waals surface area contributed by atoms with Crippen molar-refractivity contribution in [3.05, 3.63) is 41.6 Å². The molecule has 2 heteroatoms. The number of fused-ring (bicyclic) bond motifs is 1. The van der Waals surface area contributed by atoms with Gasteiger partial charge in [0.25, 0.3) is 12.9 Å². The van der Waals surface area contributed by atoms with Gasteiger partial charge in [-0.15, -0.1) is 4.67 Å². The Morgan fingerprint density at radius 2 is 2.14 bits per heavy atom. The van der Waals surface area contributed by atoms with Crippen LogP contribution in [0.15, 0.2) is 30.3 Å². The van der Waals surface area contributed by atoms with Gasteiger partial charge in [0.1, 0.15) is 0 Å². The maximum absolute atomic E-state index is 4.44. The molecule has 2 aromatic rings. The quantitative estimate of drug-likeness (QED) is 0.488. The standard InChI is InChI=1S/C12H11N2/c1-9-6-7-11-10(8-13-2)4-3-5-12(11)14-9/h3-8H,2H2,1H3/q+1. The number of nitrogens with zero attached hydrogens (tertiary/aromatic N) is 2. The van der Waals surface area contributed by atoms with E-state index in [0.717, 1.165) is 22.2 Å². The molecule has 0 aliphatic carbocycles. The fourth-order valence-electron chi connectivity index (χ4n) is 1.49. The summed E-state index contributed by atoms with van der Waals surface area (Å²) in [6.45, 7) is 5.44. The van der Waals surface area contributed by atoms with Crippen LogP contribution in [0.2, 0.25) is 0 Å². The number of hydrogen-bond acceptors (Lipinski definition) is 1. The third-order valence-electron chi connectivity index (χ3n) is 2.14. The topological polar surface area (TPSA) is 27.0 Å². The minimum atomic E-state index is 1.00. The van der Waals surface area contributed by atoms with E-state index in [-0.39, 0.29) is 0 Å². The molecule has 0 unspecified atom stereocenters. The highest BCUT2D eigenvalue weighted by Gasteiger charge is 2.02. The average Bonchev–Trinajstić information content (AvgIpc) is 2.18. The van der Waals surface area contributed by atoms with Crippen LogP contribution in [0.3, 0.4) is 0 Å². The summed E-state index contributed by atoms with van der Waals surface area (Å²) in [6.07, 6.45) is 1.75. The highest BCUT2D eigenvalue weighted by Crippen LogP contribution is 2.15. The van der Waals surface area contributed by atoms with Gasteiger partial charge in [-0.3, -0.25) is 4.98 Å². The van der Waals surface area contributed by atoms with Crippen LogP contribution in [0.25, 0.3) is 10.9 Å². The highest BCUT2D eigenvalue weighted by atomic mass is 14.7. The average molecular weight is 183 g/mol. The minimum Gasteiger partial charge on any atom is -0.253 e. The second-order valence-electron chi connectivity index (χ2n) is 3.18. The van der Waals surface area contributed by atoms with Crippen molar-refractivity contribution in [2.24, 2.45) is 0 Å². The van der Waals surface area contributed by atoms with Crippen molar-refractivity contribution in [2.75, 3.05) is 0 Å². The van der Waals surface area contributed by atoms with E-state index in [1.807, 2.05) is 31.2 Å². The van der Waals surface area contributed by atoms with Crippen LogP contribution >= 0.6 is 0 Å². The molecule has 1 aromatic carbocycles. The van der Waals surface area contributed by atoms with E-state index >= 15 is 0 Å². The van der Waals surface area contributed by atoms with E-state index in [1.54, 1.807) is 6.21 Å². The van der Waals surface area contributed by atoms with Crippen LogP contribution in [-0.4, -0.2) is 17.9 Å². The second kappa shape index (κ2) is 3.44. The maximum Gasteiger partial charge on any atom is 0.299 e. The van der Waals surface area contributed by atoms with Crippen molar-refractivity contribution >= 4 is 23.8 Å². The molecule has 0 saturated carbocycles. The summed E-state index contributed by atoms with van der Waals surface area (Å²) in [5.74, 6) is 0. The molecule has 0 N–H and O–H groups in total. The van der Waals surface area contributed by atoms with Crippen molar-refractivity contribution in [1.29, 1.82) is 0 Å². The smallest absolute Gasteiger partial charge is 0.253 e. The van der Waals surface area contributed by atoms with Gasteiger partial charge in [0, 0.05) is 11.1 Å². The van der Waals surface area contributed by atoms with E-state index < -0.39 is 0 Å². The van der Waals surface area contributed by atoms with Crippen LogP contribution in [0.4, 0.5) is 0 Å². The van der Waals surface area contributed by atoms with E-state index in [2.05, 4.69) is 22.4 Å². The first-order valence-corrected chi connectivity index (χ1v) is 4.47. The summed E-state index contributed by atoms with van der Waals surface area (Å²) in [5.41, 5.74) is 3.09. The lowest BCUT2D eigenvalue weighted by molar-refractivity contribution is 1.25. The third kappa shape index (κ3) is 1.43. The van der Waals surface area contributed by atoms with Gasteiger partial charge in [0.15, 0.2) is 0 Å². The van der Waals surface area contributed by atoms with Gasteiger partial charge in [-0.25, -0.2) is 0 Å². The number of aromatic nitrogens is 1. The summed E-state index contributed by atoms with van der Waals surface area (Å²) < 4.78 is 3.78. The Balaban J connectivity index is 2.81. The molecule has 0 amide bonds. The van der Waals surface area contributed by atoms with Crippen molar-refractivity contribution in [1.82, 2.24) is 9.65 Å². The Kier molecular flexibility index (Phi) is 2.13. The first-order valence-electron chi connectivity index (χ1n) is 4.47. The number of pyridine rings is 1. The molecule has 2 nitrogen and oxygen atoms in total. The van der Waals surface area contributed by atoms with Gasteiger partial charge in [-0.05, 0) is 25.1 Å². The normalized spacial score (nSPS) is 9.79. The predicted octanol–water partition coefficient (Wildman–Crippen LogP) is 1.73. The van der Waals surface area contributed by atoms with Gasteiger partial charge in [0.05, 0.1) is 11.1 Å². The fraction of sp³-hybridized carbons (Fsp3) is 0.0833. The van der Waals surface area contributed by atoms with Crippen molar-refractivity contribution in [3.63, 3.8) is 0 Å². The number of benzene rings is 1. The summed E-state index contributed by atoms with van der Waals surface area (Å²) in [7, 11) is 0. The van der Waals surface area contributed by atoms with E-state index in [1.165, 1.54) is 0 Å². The molecule has 68 valence electrons. The van der Waals surface area contributed by atoms with E-state index in [9.17, 15) is 0 Å². The fourth-order valence-corrected chi connectivity index (χ4v) is 1.49. The lowest BCUT2D eigenvalue weighted by Gasteiger charge is -1.99. The summed E-state index contributed by atoms with van der Waals surface area (Å²) in [4.78, 5) is 4.44. The predicted molar refractivity (Wildman–Crippen MR) is 60.9 cm³/mol. The molecule has 2 rings (SSSR count). The lowest BCUT2D eigenvalue weighted by atomic mass is 10.1. The molecule has 0 radical (unpaired) electrons. The molecule has 1 heterocycles. The SMILES string of the molecule is C=[N+]=Cc1cccc2nc(C)ccc12. The van der Waals surface area contributed by atoms with Gasteiger partial charge < -0.3 is 0 Å². The molecule has 0 spiro atoms. The molecular weight excluding hydrogens is 172 g/mol. The lowest BCUT2D eigenvalue weighted by Crippen LogP contribution is -1.89. The maximum atomic E-state index is 4.44. The Labute approximate surface area is 82.7 Å². The van der Waals surface area contributed by atoms with Crippen molar-refractivity contribution in [2.45, 2.75) is 6.92 Å². The molecule has 0 aliphatic heterocycles. The Hall–Kier alpha value is -1.92. The first-order chi connectivity index (χ1) is 6.81. The van der Waals surface area contributed by atoms with Crippen molar-refractivity contribution in [3.8, 4) is 0 Å². The minimum absolute atomic E-state index is 1.00. The molecule has 0 atom stereocenters. The Morgan fingerprint density at radius 3 is 2.93 bits per heavy atom. The summed E-state index contributed by atoms with van der Waals surface area (Å²) in [5, 5.41) is 1.12. The third-order valence-corrected chi connectivity index (χ3v) is 2.14. The van der Waals surface area contributed by atoms with E-state index in [0.29, 0.717) is 0 Å². The molecular formula is C12H11N2+. The number of aryl methyl sites for hydroxylation is 1. The zero-order valence-corrected chi connectivity index (χ0v) is 8.07. The molecule has 0 bridgehead atoms. The zero-order valence-electron chi connectivity index (χ0n) is 8.07. The largest absolute Gasteiger partial charge is 0.299 e. The number of rotatable bonds is 1. The first kappa shape index (κ1) is 8.67.